The number of pyridine rings is 1. The zero-order chi connectivity index (χ0) is 15.2. The fourth-order valence-corrected chi connectivity index (χ4v) is 2.44. The molecule has 21 heavy (non-hydrogen) atoms. The molecule has 1 unspecified atom stereocenters. The molecule has 0 aliphatic carbocycles. The zero-order valence-corrected chi connectivity index (χ0v) is 12.9. The maximum absolute atomic E-state index is 11.9. The van der Waals surface area contributed by atoms with E-state index in [1.807, 2.05) is 30.3 Å². The van der Waals surface area contributed by atoms with E-state index < -0.39 is 6.04 Å². The van der Waals surface area contributed by atoms with Crippen molar-refractivity contribution >= 4 is 29.2 Å². The third-order valence-corrected chi connectivity index (χ3v) is 3.29. The number of rotatable bonds is 5. The van der Waals surface area contributed by atoms with Crippen LogP contribution in [0.25, 0.3) is 0 Å². The normalized spacial score (nSPS) is 12.0. The lowest BCUT2D eigenvalue weighted by Gasteiger charge is -2.17. The highest BCUT2D eigenvalue weighted by atomic mass is 35.5. The first-order chi connectivity index (χ1) is 10.1. The van der Waals surface area contributed by atoms with Gasteiger partial charge in [0.05, 0.1) is 7.11 Å². The predicted molar refractivity (Wildman–Crippen MR) is 82.3 cm³/mol. The van der Waals surface area contributed by atoms with E-state index in [-0.39, 0.29) is 5.97 Å². The monoisotopic (exact) mass is 324 g/mol. The molecule has 2 rings (SSSR count). The summed E-state index contributed by atoms with van der Waals surface area (Å²) in [7, 11) is 1.36. The highest BCUT2D eigenvalue weighted by Crippen LogP contribution is 2.18. The van der Waals surface area contributed by atoms with Crippen LogP contribution in [-0.2, 0) is 16.1 Å². The van der Waals surface area contributed by atoms with Gasteiger partial charge in [0, 0.05) is 6.54 Å². The molecule has 1 heterocycles. The van der Waals surface area contributed by atoms with Crippen LogP contribution < -0.4 is 5.32 Å². The third-order valence-electron chi connectivity index (χ3n) is 2.90. The second-order valence-electron chi connectivity index (χ2n) is 4.37. The second-order valence-corrected chi connectivity index (χ2v) is 5.14. The van der Waals surface area contributed by atoms with Crippen LogP contribution in [0.15, 0.2) is 42.5 Å². The number of halogens is 2. The van der Waals surface area contributed by atoms with Crippen molar-refractivity contribution in [1.82, 2.24) is 10.3 Å². The fraction of sp³-hybridized carbons (Fsp3) is 0.200. The molecule has 0 spiro atoms. The van der Waals surface area contributed by atoms with E-state index in [1.54, 1.807) is 12.1 Å². The fourth-order valence-electron chi connectivity index (χ4n) is 1.94. The van der Waals surface area contributed by atoms with E-state index in [0.717, 1.165) is 11.1 Å². The van der Waals surface area contributed by atoms with Crippen LogP contribution in [0.5, 0.6) is 0 Å². The zero-order valence-electron chi connectivity index (χ0n) is 11.3. The number of hydrogen-bond acceptors (Lipinski definition) is 4. The molecule has 110 valence electrons. The molecular formula is C15H14Cl2N2O2. The summed E-state index contributed by atoms with van der Waals surface area (Å²) < 4.78 is 4.84. The maximum Gasteiger partial charge on any atom is 0.327 e. The van der Waals surface area contributed by atoms with Gasteiger partial charge >= 0.3 is 5.97 Å². The summed E-state index contributed by atoms with van der Waals surface area (Å²) >= 11 is 11.7. The molecule has 0 saturated carbocycles. The second kappa shape index (κ2) is 7.41. The topological polar surface area (TPSA) is 51.2 Å². The Balaban J connectivity index is 2.14. The van der Waals surface area contributed by atoms with E-state index in [0.29, 0.717) is 16.9 Å². The molecule has 0 aliphatic heterocycles. The Morgan fingerprint density at radius 2 is 1.86 bits per heavy atom. The van der Waals surface area contributed by atoms with Crippen LogP contribution in [0, 0.1) is 0 Å². The Labute approximate surface area is 133 Å². The van der Waals surface area contributed by atoms with Crippen molar-refractivity contribution < 1.29 is 9.53 Å². The van der Waals surface area contributed by atoms with Gasteiger partial charge in [-0.15, -0.1) is 0 Å². The highest BCUT2D eigenvalue weighted by molar-refractivity contribution is 6.32. The van der Waals surface area contributed by atoms with Crippen LogP contribution in [-0.4, -0.2) is 18.1 Å². The maximum atomic E-state index is 11.9. The molecule has 4 nitrogen and oxygen atoms in total. The molecule has 1 aromatic carbocycles. The Kier molecular flexibility index (Phi) is 5.56. The minimum atomic E-state index is -0.554. The largest absolute Gasteiger partial charge is 0.468 e. The lowest BCUT2D eigenvalue weighted by atomic mass is 10.1. The van der Waals surface area contributed by atoms with Gasteiger partial charge < -0.3 is 4.74 Å². The number of hydrogen-bond donors (Lipinski definition) is 1. The molecule has 0 amide bonds. The quantitative estimate of drug-likeness (QED) is 0.676. The minimum Gasteiger partial charge on any atom is -0.468 e. The van der Waals surface area contributed by atoms with E-state index >= 15 is 0 Å². The SMILES string of the molecule is COC(=O)C(NCc1cc(Cl)nc(Cl)c1)c1ccccc1. The lowest BCUT2D eigenvalue weighted by molar-refractivity contribution is -0.143. The number of ether oxygens (including phenoxy) is 1. The lowest BCUT2D eigenvalue weighted by Crippen LogP contribution is -2.29. The Morgan fingerprint density at radius 3 is 2.43 bits per heavy atom. The summed E-state index contributed by atoms with van der Waals surface area (Å²) in [5.41, 5.74) is 1.67. The Morgan fingerprint density at radius 1 is 1.24 bits per heavy atom. The van der Waals surface area contributed by atoms with Crippen LogP contribution in [0.2, 0.25) is 10.3 Å². The Bertz CT molecular complexity index is 600. The molecule has 0 saturated heterocycles. The molecule has 0 bridgehead atoms. The molecule has 2 aromatic rings. The Hall–Kier alpha value is -1.62. The van der Waals surface area contributed by atoms with Gasteiger partial charge in [0.25, 0.3) is 0 Å². The summed E-state index contributed by atoms with van der Waals surface area (Å²) in [6, 6.07) is 12.2. The summed E-state index contributed by atoms with van der Waals surface area (Å²) in [6.45, 7) is 0.413. The standard InChI is InChI=1S/C15H14Cl2N2O2/c1-21-15(20)14(11-5-3-2-4-6-11)18-9-10-7-12(16)19-13(17)8-10/h2-8,14,18H,9H2,1H3. The van der Waals surface area contributed by atoms with Crippen molar-refractivity contribution in [3.63, 3.8) is 0 Å². The van der Waals surface area contributed by atoms with Gasteiger partial charge in [-0.05, 0) is 23.3 Å². The van der Waals surface area contributed by atoms with Crippen molar-refractivity contribution in [2.24, 2.45) is 0 Å². The van der Waals surface area contributed by atoms with Gasteiger partial charge in [-0.2, -0.15) is 0 Å². The van der Waals surface area contributed by atoms with Gasteiger partial charge in [-0.25, -0.2) is 9.78 Å². The summed E-state index contributed by atoms with van der Waals surface area (Å²) in [6.07, 6.45) is 0. The summed E-state index contributed by atoms with van der Waals surface area (Å²) in [4.78, 5) is 15.8. The number of carbonyl (C=O) groups excluding carboxylic acids is 1. The molecule has 0 aliphatic rings. The summed E-state index contributed by atoms with van der Waals surface area (Å²) in [5.74, 6) is -0.354. The number of benzene rings is 1. The molecule has 1 aromatic heterocycles. The molecular weight excluding hydrogens is 311 g/mol. The van der Waals surface area contributed by atoms with E-state index in [1.165, 1.54) is 7.11 Å². The van der Waals surface area contributed by atoms with Crippen LogP contribution in [0.3, 0.4) is 0 Å². The van der Waals surface area contributed by atoms with Crippen molar-refractivity contribution in [2.45, 2.75) is 12.6 Å². The van der Waals surface area contributed by atoms with Gasteiger partial charge in [0.2, 0.25) is 0 Å². The van der Waals surface area contributed by atoms with Gasteiger partial charge in [0.1, 0.15) is 16.3 Å². The molecule has 6 heteroatoms. The minimum absolute atomic E-state index is 0.314. The van der Waals surface area contributed by atoms with Crippen LogP contribution >= 0.6 is 23.2 Å². The van der Waals surface area contributed by atoms with Gasteiger partial charge in [-0.3, -0.25) is 5.32 Å². The predicted octanol–water partition coefficient (Wildman–Crippen LogP) is 3.39. The number of carbonyl (C=O) groups is 1. The van der Waals surface area contributed by atoms with Crippen molar-refractivity contribution in [1.29, 1.82) is 0 Å². The van der Waals surface area contributed by atoms with E-state index in [9.17, 15) is 4.79 Å². The average Bonchev–Trinajstić information content (AvgIpc) is 2.47. The van der Waals surface area contributed by atoms with Crippen molar-refractivity contribution in [3.05, 3.63) is 63.9 Å². The number of nitrogens with zero attached hydrogens (tertiary/aromatic N) is 1. The molecule has 1 atom stereocenters. The molecule has 0 fully saturated rings. The van der Waals surface area contributed by atoms with Crippen molar-refractivity contribution in [2.75, 3.05) is 7.11 Å². The van der Waals surface area contributed by atoms with Crippen molar-refractivity contribution in [3.8, 4) is 0 Å². The van der Waals surface area contributed by atoms with Gasteiger partial charge in [0.15, 0.2) is 0 Å². The van der Waals surface area contributed by atoms with E-state index in [2.05, 4.69) is 10.3 Å². The van der Waals surface area contributed by atoms with Crippen LogP contribution in [0.1, 0.15) is 17.2 Å². The third kappa shape index (κ3) is 4.43. The molecule has 1 N–H and O–H groups in total. The highest BCUT2D eigenvalue weighted by Gasteiger charge is 2.20. The van der Waals surface area contributed by atoms with Gasteiger partial charge in [-0.1, -0.05) is 53.5 Å². The molecule has 0 radical (unpaired) electrons. The number of methoxy groups -OCH3 is 1. The number of esters is 1. The first kappa shape index (κ1) is 15.8. The van der Waals surface area contributed by atoms with E-state index in [4.69, 9.17) is 27.9 Å². The first-order valence-corrected chi connectivity index (χ1v) is 7.04. The summed E-state index contributed by atoms with van der Waals surface area (Å²) in [5, 5.41) is 3.76. The average molecular weight is 325 g/mol. The smallest absolute Gasteiger partial charge is 0.327 e. The number of nitrogens with one attached hydrogen (secondary N) is 1. The first-order valence-electron chi connectivity index (χ1n) is 6.28. The van der Waals surface area contributed by atoms with Crippen LogP contribution in [0.4, 0.5) is 0 Å². The number of aromatic nitrogens is 1.